The Morgan fingerprint density at radius 3 is 2.87 bits per heavy atom. The normalized spacial score (nSPS) is 14.5. The molecule has 1 N–H and O–H groups in total. The molecule has 2 rings (SSSR count). The highest BCUT2D eigenvalue weighted by atomic mass is 32.2. The van der Waals surface area contributed by atoms with Gasteiger partial charge in [-0.25, -0.2) is 4.79 Å². The van der Waals surface area contributed by atoms with Crippen LogP contribution in [0.25, 0.3) is 0 Å². The van der Waals surface area contributed by atoms with Gasteiger partial charge in [-0.05, 0) is 19.1 Å². The number of fused-ring (bicyclic) bond motifs is 1. The summed E-state index contributed by atoms with van der Waals surface area (Å²) in [4.78, 5) is 12.8. The van der Waals surface area contributed by atoms with Crippen LogP contribution in [-0.2, 0) is 0 Å². The van der Waals surface area contributed by atoms with E-state index in [0.717, 1.165) is 22.0 Å². The first kappa shape index (κ1) is 10.7. The number of ether oxygens (including phenoxy) is 1. The van der Waals surface area contributed by atoms with E-state index in [0.29, 0.717) is 5.75 Å². The number of rotatable bonds is 1. The molecular formula is C10H10O3S2. The lowest BCUT2D eigenvalue weighted by Gasteiger charge is -2.18. The van der Waals surface area contributed by atoms with Gasteiger partial charge in [-0.1, -0.05) is 0 Å². The number of thioether (sulfide) groups is 2. The molecule has 0 aromatic heterocycles. The van der Waals surface area contributed by atoms with Crippen molar-refractivity contribution < 1.29 is 14.6 Å². The quantitative estimate of drug-likeness (QED) is 0.605. The van der Waals surface area contributed by atoms with Crippen LogP contribution in [0.15, 0.2) is 21.9 Å². The van der Waals surface area contributed by atoms with E-state index in [2.05, 4.69) is 0 Å². The van der Waals surface area contributed by atoms with Gasteiger partial charge in [0.1, 0.15) is 5.75 Å². The number of hydrogen-bond acceptors (Lipinski definition) is 4. The van der Waals surface area contributed by atoms with Gasteiger partial charge >= 0.3 is 6.16 Å². The molecule has 1 aromatic carbocycles. The maximum atomic E-state index is 10.5. The van der Waals surface area contributed by atoms with Crippen LogP contribution in [0.4, 0.5) is 4.79 Å². The van der Waals surface area contributed by atoms with E-state index in [1.807, 2.05) is 13.0 Å². The molecule has 0 radical (unpaired) electrons. The van der Waals surface area contributed by atoms with E-state index in [-0.39, 0.29) is 0 Å². The van der Waals surface area contributed by atoms with Crippen LogP contribution in [0.2, 0.25) is 0 Å². The highest BCUT2D eigenvalue weighted by molar-refractivity contribution is 8.05. The zero-order valence-corrected chi connectivity index (χ0v) is 9.78. The molecule has 3 nitrogen and oxygen atoms in total. The molecule has 15 heavy (non-hydrogen) atoms. The molecule has 1 aliphatic rings. The van der Waals surface area contributed by atoms with Gasteiger partial charge in [0, 0.05) is 26.9 Å². The van der Waals surface area contributed by atoms with Crippen LogP contribution in [-0.4, -0.2) is 22.8 Å². The van der Waals surface area contributed by atoms with Crippen molar-refractivity contribution in [2.24, 2.45) is 0 Å². The Morgan fingerprint density at radius 1 is 1.40 bits per heavy atom. The van der Waals surface area contributed by atoms with Crippen LogP contribution in [0.1, 0.15) is 5.56 Å². The third kappa shape index (κ3) is 2.23. The van der Waals surface area contributed by atoms with E-state index in [4.69, 9.17) is 9.84 Å². The second-order valence-corrected chi connectivity index (χ2v) is 5.32. The van der Waals surface area contributed by atoms with Crippen LogP contribution in [0.5, 0.6) is 5.75 Å². The molecule has 0 saturated heterocycles. The largest absolute Gasteiger partial charge is 0.511 e. The predicted molar refractivity (Wildman–Crippen MR) is 61.3 cm³/mol. The topological polar surface area (TPSA) is 46.5 Å². The maximum Gasteiger partial charge on any atom is 0.511 e. The van der Waals surface area contributed by atoms with Gasteiger partial charge in [-0.2, -0.15) is 0 Å². The summed E-state index contributed by atoms with van der Waals surface area (Å²) in [6, 6.07) is 3.65. The van der Waals surface area contributed by atoms with Crippen molar-refractivity contribution in [1.82, 2.24) is 0 Å². The van der Waals surface area contributed by atoms with E-state index in [9.17, 15) is 4.79 Å². The van der Waals surface area contributed by atoms with E-state index >= 15 is 0 Å². The molecule has 0 saturated carbocycles. The second-order valence-electron chi connectivity index (χ2n) is 3.08. The van der Waals surface area contributed by atoms with Gasteiger partial charge in [0.05, 0.1) is 0 Å². The Balaban J connectivity index is 2.38. The highest BCUT2D eigenvalue weighted by Crippen LogP contribution is 2.41. The van der Waals surface area contributed by atoms with Gasteiger partial charge in [0.15, 0.2) is 0 Å². The Labute approximate surface area is 96.2 Å². The van der Waals surface area contributed by atoms with Gasteiger partial charge in [0.2, 0.25) is 0 Å². The van der Waals surface area contributed by atoms with Crippen molar-refractivity contribution in [1.29, 1.82) is 0 Å². The molecule has 0 amide bonds. The monoisotopic (exact) mass is 242 g/mol. The van der Waals surface area contributed by atoms with E-state index < -0.39 is 6.16 Å². The fourth-order valence-electron chi connectivity index (χ4n) is 1.44. The summed E-state index contributed by atoms with van der Waals surface area (Å²) in [5.41, 5.74) is 0.923. The Bertz CT molecular complexity index is 404. The molecular weight excluding hydrogens is 232 g/mol. The summed E-state index contributed by atoms with van der Waals surface area (Å²) in [6.45, 7) is 1.90. The second kappa shape index (κ2) is 4.37. The first-order chi connectivity index (χ1) is 7.18. The Kier molecular flexibility index (Phi) is 3.11. The van der Waals surface area contributed by atoms with Crippen LogP contribution in [0.3, 0.4) is 0 Å². The highest BCUT2D eigenvalue weighted by Gasteiger charge is 2.16. The third-order valence-corrected chi connectivity index (χ3v) is 4.77. The van der Waals surface area contributed by atoms with Gasteiger partial charge < -0.3 is 9.84 Å². The summed E-state index contributed by atoms with van der Waals surface area (Å²) >= 11 is 3.57. The zero-order valence-electron chi connectivity index (χ0n) is 8.15. The first-order valence-electron chi connectivity index (χ1n) is 4.48. The molecule has 1 aromatic rings. The lowest BCUT2D eigenvalue weighted by atomic mass is 10.2. The van der Waals surface area contributed by atoms with Crippen LogP contribution >= 0.6 is 23.5 Å². The Morgan fingerprint density at radius 2 is 2.13 bits per heavy atom. The minimum absolute atomic E-state index is 0.441. The van der Waals surface area contributed by atoms with Crippen molar-refractivity contribution in [3.8, 4) is 5.75 Å². The predicted octanol–water partition coefficient (Wildman–Crippen LogP) is 3.25. The smallest absolute Gasteiger partial charge is 0.449 e. The average Bonchev–Trinajstić information content (AvgIpc) is 2.22. The van der Waals surface area contributed by atoms with Gasteiger partial charge in [-0.3, -0.25) is 0 Å². The van der Waals surface area contributed by atoms with E-state index in [1.165, 1.54) is 4.90 Å². The van der Waals surface area contributed by atoms with Crippen molar-refractivity contribution in [3.05, 3.63) is 17.7 Å². The van der Waals surface area contributed by atoms with Crippen molar-refractivity contribution in [3.63, 3.8) is 0 Å². The Hall–Kier alpha value is -0.810. The zero-order chi connectivity index (χ0) is 10.8. The van der Waals surface area contributed by atoms with Gasteiger partial charge in [-0.15, -0.1) is 23.5 Å². The number of hydrogen-bond donors (Lipinski definition) is 1. The van der Waals surface area contributed by atoms with Crippen LogP contribution < -0.4 is 4.74 Å². The summed E-state index contributed by atoms with van der Waals surface area (Å²) in [5.74, 6) is 2.61. The average molecular weight is 242 g/mol. The molecule has 0 fully saturated rings. The fraction of sp³-hybridized carbons (Fsp3) is 0.300. The molecule has 0 aliphatic carbocycles. The molecule has 1 aliphatic heterocycles. The molecule has 0 unspecified atom stereocenters. The minimum atomic E-state index is -1.26. The maximum absolute atomic E-state index is 10.5. The fourth-order valence-corrected chi connectivity index (χ4v) is 3.86. The lowest BCUT2D eigenvalue weighted by molar-refractivity contribution is 0.144. The van der Waals surface area contributed by atoms with Crippen molar-refractivity contribution in [2.45, 2.75) is 16.7 Å². The number of carbonyl (C=O) groups is 1. The van der Waals surface area contributed by atoms with Gasteiger partial charge in [0.25, 0.3) is 0 Å². The summed E-state index contributed by atoms with van der Waals surface area (Å²) in [7, 11) is 0. The van der Waals surface area contributed by atoms with E-state index in [1.54, 1.807) is 29.6 Å². The summed E-state index contributed by atoms with van der Waals surface area (Å²) < 4.78 is 4.71. The molecule has 5 heteroatoms. The summed E-state index contributed by atoms with van der Waals surface area (Å²) in [5, 5.41) is 8.56. The SMILES string of the molecule is Cc1c(OC(=O)O)ccc2c1SCCS2. The first-order valence-corrected chi connectivity index (χ1v) is 6.45. The van der Waals surface area contributed by atoms with Crippen molar-refractivity contribution in [2.75, 3.05) is 11.5 Å². The molecule has 0 atom stereocenters. The summed E-state index contributed by atoms with van der Waals surface area (Å²) in [6.07, 6.45) is -1.26. The standard InChI is InChI=1S/C10H10O3S2/c1-6-7(13-10(11)12)2-3-8-9(6)15-5-4-14-8/h2-3H,4-5H2,1H3,(H,11,12). The lowest BCUT2D eigenvalue weighted by Crippen LogP contribution is -2.06. The third-order valence-electron chi connectivity index (χ3n) is 2.10. The number of benzene rings is 1. The molecule has 0 bridgehead atoms. The van der Waals surface area contributed by atoms with Crippen molar-refractivity contribution >= 4 is 29.7 Å². The molecule has 1 heterocycles. The van der Waals surface area contributed by atoms with Crippen LogP contribution in [0, 0.1) is 6.92 Å². The molecule has 0 spiro atoms. The minimum Gasteiger partial charge on any atom is -0.449 e. The number of carboxylic acid groups (broad SMARTS) is 1. The molecule has 80 valence electrons.